The van der Waals surface area contributed by atoms with Crippen molar-refractivity contribution >= 4 is 23.0 Å². The van der Waals surface area contributed by atoms with Crippen LogP contribution in [0.3, 0.4) is 0 Å². The molecule has 25 heavy (non-hydrogen) atoms. The van der Waals surface area contributed by atoms with E-state index < -0.39 is 4.92 Å². The van der Waals surface area contributed by atoms with Crippen LogP contribution >= 0.6 is 0 Å². The number of nitro groups is 1. The summed E-state index contributed by atoms with van der Waals surface area (Å²) in [6, 6.07) is 7.35. The normalized spacial score (nSPS) is 9.68. The van der Waals surface area contributed by atoms with Crippen LogP contribution in [0.1, 0.15) is 12.8 Å². The van der Waals surface area contributed by atoms with Crippen LogP contribution in [0.15, 0.2) is 30.9 Å². The van der Waals surface area contributed by atoms with E-state index in [1.54, 1.807) is 23.2 Å². The third kappa shape index (κ3) is 4.59. The van der Waals surface area contributed by atoms with Crippen molar-refractivity contribution in [1.29, 1.82) is 10.5 Å². The maximum Gasteiger partial charge on any atom is 0.353 e. The summed E-state index contributed by atoms with van der Waals surface area (Å²) in [5.74, 6) is 0.0822. The van der Waals surface area contributed by atoms with Gasteiger partial charge >= 0.3 is 5.69 Å². The Morgan fingerprint density at radius 2 is 1.96 bits per heavy atom. The molecule has 0 spiro atoms. The van der Waals surface area contributed by atoms with E-state index in [1.165, 1.54) is 12.5 Å². The van der Waals surface area contributed by atoms with E-state index in [-0.39, 0.29) is 43.3 Å². The summed E-state index contributed by atoms with van der Waals surface area (Å²) in [7, 11) is 0. The first-order valence-electron chi connectivity index (χ1n) is 7.32. The van der Waals surface area contributed by atoms with Crippen LogP contribution in [0.2, 0.25) is 0 Å². The minimum absolute atomic E-state index is 0.0157. The number of hydrogen-bond acceptors (Lipinski definition) is 9. The number of pyridine rings is 1. The molecule has 0 atom stereocenters. The molecule has 0 amide bonds. The van der Waals surface area contributed by atoms with Gasteiger partial charge in [-0.2, -0.15) is 10.5 Å². The zero-order chi connectivity index (χ0) is 18.1. The van der Waals surface area contributed by atoms with Gasteiger partial charge in [0.05, 0.1) is 41.8 Å². The molecule has 2 aromatic heterocycles. The van der Waals surface area contributed by atoms with Crippen molar-refractivity contribution in [2.45, 2.75) is 12.8 Å². The van der Waals surface area contributed by atoms with Crippen LogP contribution in [-0.4, -0.2) is 33.0 Å². The van der Waals surface area contributed by atoms with Gasteiger partial charge in [-0.05, 0) is 12.1 Å². The van der Waals surface area contributed by atoms with E-state index in [9.17, 15) is 10.1 Å². The summed E-state index contributed by atoms with van der Waals surface area (Å²) < 4.78 is 0. The fourth-order valence-electron chi connectivity index (χ4n) is 2.13. The fraction of sp³-hybridized carbons (Fsp3) is 0.267. The first kappa shape index (κ1) is 17.6. The molecule has 0 saturated heterocycles. The molecule has 2 heterocycles. The van der Waals surface area contributed by atoms with Gasteiger partial charge in [0.25, 0.3) is 0 Å². The lowest BCUT2D eigenvalue weighted by Gasteiger charge is -2.21. The van der Waals surface area contributed by atoms with Crippen molar-refractivity contribution < 1.29 is 4.92 Å². The van der Waals surface area contributed by atoms with E-state index in [0.29, 0.717) is 5.69 Å². The first-order chi connectivity index (χ1) is 12.2. The van der Waals surface area contributed by atoms with Gasteiger partial charge in [0.1, 0.15) is 6.33 Å². The van der Waals surface area contributed by atoms with Gasteiger partial charge in [0, 0.05) is 19.3 Å². The third-order valence-corrected chi connectivity index (χ3v) is 3.20. The van der Waals surface area contributed by atoms with E-state index in [2.05, 4.69) is 20.3 Å². The number of nitriles is 2. The van der Waals surface area contributed by atoms with Gasteiger partial charge in [0.2, 0.25) is 11.6 Å². The molecular formula is C15H14N8O2. The topological polar surface area (TPSA) is 145 Å². The fourth-order valence-corrected chi connectivity index (χ4v) is 2.13. The number of nitrogens with zero attached hydrogens (tertiary/aromatic N) is 7. The molecule has 10 nitrogen and oxygen atoms in total. The Balaban J connectivity index is 2.42. The quantitative estimate of drug-likeness (QED) is 0.565. The average molecular weight is 338 g/mol. The molecule has 10 heteroatoms. The summed E-state index contributed by atoms with van der Waals surface area (Å²) in [5.41, 5.74) is 0.220. The molecule has 0 aliphatic rings. The van der Waals surface area contributed by atoms with E-state index in [1.807, 2.05) is 12.1 Å². The Labute approximate surface area is 143 Å². The third-order valence-electron chi connectivity index (χ3n) is 3.20. The number of rotatable bonds is 8. The molecule has 0 unspecified atom stereocenters. The number of aromatic nitrogens is 3. The minimum atomic E-state index is -0.584. The Bertz CT molecular complexity index is 795. The zero-order valence-corrected chi connectivity index (χ0v) is 13.2. The second-order valence-corrected chi connectivity index (χ2v) is 4.82. The van der Waals surface area contributed by atoms with Crippen LogP contribution in [0.5, 0.6) is 0 Å². The molecule has 1 N–H and O–H groups in total. The Hall–Kier alpha value is -3.79. The lowest BCUT2D eigenvalue weighted by atomic mass is 10.3. The summed E-state index contributed by atoms with van der Waals surface area (Å²) in [6.45, 7) is 0.449. The lowest BCUT2D eigenvalue weighted by molar-refractivity contribution is -0.383. The number of hydrogen-bond donors (Lipinski definition) is 1. The highest BCUT2D eigenvalue weighted by Gasteiger charge is 2.27. The van der Waals surface area contributed by atoms with Crippen molar-refractivity contribution in [2.75, 3.05) is 23.3 Å². The molecule has 2 rings (SSSR count). The second kappa shape index (κ2) is 8.74. The molecule has 0 bridgehead atoms. The molecule has 0 aliphatic carbocycles. The first-order valence-corrected chi connectivity index (χ1v) is 7.32. The van der Waals surface area contributed by atoms with E-state index >= 15 is 0 Å². The van der Waals surface area contributed by atoms with Crippen LogP contribution in [0, 0.1) is 32.8 Å². The Kier molecular flexibility index (Phi) is 6.14. The molecule has 0 aliphatic heterocycles. The van der Waals surface area contributed by atoms with Crippen molar-refractivity contribution in [3.05, 3.63) is 41.0 Å². The van der Waals surface area contributed by atoms with Gasteiger partial charge in [-0.3, -0.25) is 15.1 Å². The summed E-state index contributed by atoms with van der Waals surface area (Å²) in [5, 5.41) is 32.0. The predicted molar refractivity (Wildman–Crippen MR) is 88.9 cm³/mol. The van der Waals surface area contributed by atoms with Crippen molar-refractivity contribution in [3.63, 3.8) is 0 Å². The average Bonchev–Trinajstić information content (AvgIpc) is 2.62. The molecule has 126 valence electrons. The van der Waals surface area contributed by atoms with Gasteiger partial charge in [-0.1, -0.05) is 0 Å². The largest absolute Gasteiger partial charge is 0.353 e. The zero-order valence-electron chi connectivity index (χ0n) is 13.2. The van der Waals surface area contributed by atoms with Crippen LogP contribution in [0.25, 0.3) is 0 Å². The van der Waals surface area contributed by atoms with Crippen LogP contribution in [0.4, 0.5) is 23.0 Å². The van der Waals surface area contributed by atoms with E-state index in [4.69, 9.17) is 10.5 Å². The molecule has 0 radical (unpaired) electrons. The molecule has 2 aromatic rings. The van der Waals surface area contributed by atoms with Crippen LogP contribution in [-0.2, 0) is 0 Å². The van der Waals surface area contributed by atoms with E-state index in [0.717, 1.165) is 0 Å². The number of anilines is 3. The summed E-state index contributed by atoms with van der Waals surface area (Å²) in [6.07, 6.45) is 4.59. The monoisotopic (exact) mass is 338 g/mol. The predicted octanol–water partition coefficient (Wildman–Crippen LogP) is 2.16. The van der Waals surface area contributed by atoms with Crippen molar-refractivity contribution in [3.8, 4) is 12.1 Å². The molecule has 0 aromatic carbocycles. The van der Waals surface area contributed by atoms with Crippen molar-refractivity contribution in [1.82, 2.24) is 15.0 Å². The molecule has 0 fully saturated rings. The van der Waals surface area contributed by atoms with Gasteiger partial charge in [-0.25, -0.2) is 9.97 Å². The second-order valence-electron chi connectivity index (χ2n) is 4.82. The number of nitrogens with one attached hydrogen (secondary N) is 1. The van der Waals surface area contributed by atoms with Gasteiger partial charge < -0.3 is 10.2 Å². The SMILES string of the molecule is N#CCCN(CCC#N)c1ncnc(Nc2cccnc2)c1[N+](=O)[O-]. The summed E-state index contributed by atoms with van der Waals surface area (Å²) in [4.78, 5) is 24.5. The highest BCUT2D eigenvalue weighted by molar-refractivity contribution is 5.74. The highest BCUT2D eigenvalue weighted by atomic mass is 16.6. The standard InChI is InChI=1S/C15H14N8O2/c16-5-2-8-22(9-3-6-17)15-13(23(24)25)14(19-11-20-15)21-12-4-1-7-18-10-12/h1,4,7,10-11H,2-3,8-9H2,(H,19,20,21). The highest BCUT2D eigenvalue weighted by Crippen LogP contribution is 2.33. The molecular weight excluding hydrogens is 324 g/mol. The van der Waals surface area contributed by atoms with Crippen LogP contribution < -0.4 is 10.2 Å². The smallest absolute Gasteiger partial charge is 0.349 e. The summed E-state index contributed by atoms with van der Waals surface area (Å²) >= 11 is 0. The maximum atomic E-state index is 11.6. The van der Waals surface area contributed by atoms with Gasteiger partial charge in [0.15, 0.2) is 0 Å². The van der Waals surface area contributed by atoms with Crippen molar-refractivity contribution in [2.24, 2.45) is 0 Å². The minimum Gasteiger partial charge on any atom is -0.349 e. The Morgan fingerprint density at radius 1 is 1.24 bits per heavy atom. The van der Waals surface area contributed by atoms with Gasteiger partial charge in [-0.15, -0.1) is 0 Å². The molecule has 0 saturated carbocycles. The lowest BCUT2D eigenvalue weighted by Crippen LogP contribution is -2.27. The Morgan fingerprint density at radius 3 is 2.52 bits per heavy atom. The maximum absolute atomic E-state index is 11.6.